The molecule has 0 saturated carbocycles. The molecule has 2 nitrogen and oxygen atoms in total. The van der Waals surface area contributed by atoms with Crippen molar-refractivity contribution in [3.8, 4) is 0 Å². The highest BCUT2D eigenvalue weighted by molar-refractivity contribution is 7.80. The normalized spacial score (nSPS) is 10.2. The third-order valence-electron chi connectivity index (χ3n) is 2.09. The van der Waals surface area contributed by atoms with E-state index in [1.807, 2.05) is 24.3 Å². The van der Waals surface area contributed by atoms with Crippen molar-refractivity contribution < 1.29 is 0 Å². The molecule has 0 spiro atoms. The summed E-state index contributed by atoms with van der Waals surface area (Å²) < 4.78 is 0. The highest BCUT2D eigenvalue weighted by Crippen LogP contribution is 2.14. The van der Waals surface area contributed by atoms with Crippen molar-refractivity contribution in [1.29, 1.82) is 0 Å². The van der Waals surface area contributed by atoms with Gasteiger partial charge in [-0.1, -0.05) is 31.5 Å². The zero-order chi connectivity index (χ0) is 12.0. The Labute approximate surface area is 107 Å². The lowest BCUT2D eigenvalue weighted by Crippen LogP contribution is -2.29. The first kappa shape index (κ1) is 13.3. The van der Waals surface area contributed by atoms with E-state index in [4.69, 9.17) is 23.8 Å². The van der Waals surface area contributed by atoms with E-state index in [0.29, 0.717) is 16.1 Å². The molecule has 88 valence electrons. The van der Waals surface area contributed by atoms with Crippen LogP contribution in [-0.4, -0.2) is 11.7 Å². The van der Waals surface area contributed by atoms with Crippen LogP contribution >= 0.6 is 23.8 Å². The first-order chi connectivity index (χ1) is 7.58. The molecule has 1 aromatic rings. The van der Waals surface area contributed by atoms with Gasteiger partial charge in [-0.25, -0.2) is 0 Å². The van der Waals surface area contributed by atoms with Gasteiger partial charge in [0.15, 0.2) is 5.11 Å². The number of benzene rings is 1. The van der Waals surface area contributed by atoms with Crippen molar-refractivity contribution in [1.82, 2.24) is 5.32 Å². The molecule has 2 N–H and O–H groups in total. The minimum absolute atomic E-state index is 0.642. The third-order valence-corrected chi connectivity index (χ3v) is 2.57. The van der Waals surface area contributed by atoms with Crippen molar-refractivity contribution >= 4 is 34.6 Å². The van der Waals surface area contributed by atoms with Gasteiger partial charge in [-0.3, -0.25) is 0 Å². The standard InChI is InChI=1S/C12H17ClN2S/c1-9(2)6-7-14-12(16)15-11-5-3-4-10(13)8-11/h3-5,8-9H,6-7H2,1-2H3,(H2,14,15,16). The molecule has 4 heteroatoms. The second-order valence-corrected chi connectivity index (χ2v) is 4.92. The number of anilines is 1. The van der Waals surface area contributed by atoms with Crippen LogP contribution in [0.4, 0.5) is 5.69 Å². The summed E-state index contributed by atoms with van der Waals surface area (Å²) in [4.78, 5) is 0. The highest BCUT2D eigenvalue weighted by Gasteiger charge is 1.98. The fourth-order valence-electron chi connectivity index (χ4n) is 1.22. The van der Waals surface area contributed by atoms with Crippen LogP contribution in [0.2, 0.25) is 5.02 Å². The smallest absolute Gasteiger partial charge is 0.170 e. The molecule has 0 fully saturated rings. The second-order valence-electron chi connectivity index (χ2n) is 4.07. The quantitative estimate of drug-likeness (QED) is 0.804. The molecule has 16 heavy (non-hydrogen) atoms. The zero-order valence-electron chi connectivity index (χ0n) is 9.59. The monoisotopic (exact) mass is 256 g/mol. The molecule has 0 aromatic heterocycles. The Bertz CT molecular complexity index is 353. The molecule has 0 aliphatic rings. The van der Waals surface area contributed by atoms with Crippen LogP contribution in [0.25, 0.3) is 0 Å². The first-order valence-electron chi connectivity index (χ1n) is 5.38. The van der Waals surface area contributed by atoms with Gasteiger partial charge in [-0.05, 0) is 42.8 Å². The number of nitrogens with one attached hydrogen (secondary N) is 2. The Morgan fingerprint density at radius 1 is 1.44 bits per heavy atom. The van der Waals surface area contributed by atoms with Crippen molar-refractivity contribution in [2.45, 2.75) is 20.3 Å². The highest BCUT2D eigenvalue weighted by atomic mass is 35.5. The van der Waals surface area contributed by atoms with Crippen molar-refractivity contribution in [3.63, 3.8) is 0 Å². The number of hydrogen-bond donors (Lipinski definition) is 2. The molecule has 0 unspecified atom stereocenters. The molecule has 1 aromatic carbocycles. The Hall–Kier alpha value is -0.800. The fraction of sp³-hybridized carbons (Fsp3) is 0.417. The largest absolute Gasteiger partial charge is 0.362 e. The Balaban J connectivity index is 2.34. The van der Waals surface area contributed by atoms with Gasteiger partial charge >= 0.3 is 0 Å². The molecule has 0 saturated heterocycles. The number of rotatable bonds is 4. The third kappa shape index (κ3) is 5.33. The average molecular weight is 257 g/mol. The average Bonchev–Trinajstić information content (AvgIpc) is 2.16. The van der Waals surface area contributed by atoms with Crippen molar-refractivity contribution in [3.05, 3.63) is 29.3 Å². The van der Waals surface area contributed by atoms with E-state index in [0.717, 1.165) is 18.7 Å². The molecule has 1 rings (SSSR count). The van der Waals surface area contributed by atoms with Crippen LogP contribution in [0, 0.1) is 5.92 Å². The predicted octanol–water partition coefficient (Wildman–Crippen LogP) is 3.67. The van der Waals surface area contributed by atoms with Gasteiger partial charge in [-0.15, -0.1) is 0 Å². The number of thiocarbonyl (C=S) groups is 1. The summed E-state index contributed by atoms with van der Waals surface area (Å²) in [5, 5.41) is 7.60. The second kappa shape index (κ2) is 6.71. The topological polar surface area (TPSA) is 24.1 Å². The van der Waals surface area contributed by atoms with Crippen LogP contribution in [0.15, 0.2) is 24.3 Å². The summed E-state index contributed by atoms with van der Waals surface area (Å²) in [6.45, 7) is 5.27. The van der Waals surface area contributed by atoms with E-state index >= 15 is 0 Å². The summed E-state index contributed by atoms with van der Waals surface area (Å²) in [5.41, 5.74) is 0.912. The summed E-state index contributed by atoms with van der Waals surface area (Å²) >= 11 is 11.0. The van der Waals surface area contributed by atoms with E-state index in [9.17, 15) is 0 Å². The molecule has 0 amide bonds. The molecule has 0 bridgehead atoms. The van der Waals surface area contributed by atoms with Gasteiger partial charge < -0.3 is 10.6 Å². The van der Waals surface area contributed by atoms with Gasteiger partial charge in [0.25, 0.3) is 0 Å². The zero-order valence-corrected chi connectivity index (χ0v) is 11.2. The van der Waals surface area contributed by atoms with Crippen LogP contribution in [0.5, 0.6) is 0 Å². The van der Waals surface area contributed by atoms with E-state index in [1.165, 1.54) is 0 Å². The van der Waals surface area contributed by atoms with E-state index in [1.54, 1.807) is 0 Å². The van der Waals surface area contributed by atoms with Gasteiger partial charge in [0.05, 0.1) is 0 Å². The summed E-state index contributed by atoms with van der Waals surface area (Å²) in [5.74, 6) is 0.682. The van der Waals surface area contributed by atoms with Crippen LogP contribution in [-0.2, 0) is 0 Å². The minimum atomic E-state index is 0.642. The van der Waals surface area contributed by atoms with Crippen molar-refractivity contribution in [2.24, 2.45) is 5.92 Å². The molecule has 0 radical (unpaired) electrons. The van der Waals surface area contributed by atoms with E-state index in [-0.39, 0.29) is 0 Å². The molecular formula is C12H17ClN2S. The predicted molar refractivity (Wildman–Crippen MR) is 75.1 cm³/mol. The van der Waals surface area contributed by atoms with Crippen LogP contribution in [0.3, 0.4) is 0 Å². The molecule has 0 heterocycles. The van der Waals surface area contributed by atoms with E-state index < -0.39 is 0 Å². The Kier molecular flexibility index (Phi) is 5.56. The first-order valence-corrected chi connectivity index (χ1v) is 6.17. The molecule has 0 aliphatic heterocycles. The SMILES string of the molecule is CC(C)CCNC(=S)Nc1cccc(Cl)c1. The van der Waals surface area contributed by atoms with Gasteiger partial charge in [0.1, 0.15) is 0 Å². The van der Waals surface area contributed by atoms with Gasteiger partial charge in [0.2, 0.25) is 0 Å². The lowest BCUT2D eigenvalue weighted by Gasteiger charge is -2.11. The number of hydrogen-bond acceptors (Lipinski definition) is 1. The van der Waals surface area contributed by atoms with E-state index in [2.05, 4.69) is 24.5 Å². The number of halogens is 1. The lowest BCUT2D eigenvalue weighted by atomic mass is 10.1. The summed E-state index contributed by atoms with van der Waals surface area (Å²) in [7, 11) is 0. The minimum Gasteiger partial charge on any atom is -0.362 e. The molecule has 0 aliphatic carbocycles. The Morgan fingerprint density at radius 3 is 2.81 bits per heavy atom. The maximum absolute atomic E-state index is 5.87. The summed E-state index contributed by atoms with van der Waals surface area (Å²) in [6.07, 6.45) is 1.11. The molecule has 0 atom stereocenters. The lowest BCUT2D eigenvalue weighted by molar-refractivity contribution is 0.579. The van der Waals surface area contributed by atoms with Crippen LogP contribution < -0.4 is 10.6 Å². The maximum atomic E-state index is 5.87. The van der Waals surface area contributed by atoms with Gasteiger partial charge in [-0.2, -0.15) is 0 Å². The van der Waals surface area contributed by atoms with Crippen molar-refractivity contribution in [2.75, 3.05) is 11.9 Å². The maximum Gasteiger partial charge on any atom is 0.170 e. The Morgan fingerprint density at radius 2 is 2.19 bits per heavy atom. The molecular weight excluding hydrogens is 240 g/mol. The van der Waals surface area contributed by atoms with Crippen LogP contribution in [0.1, 0.15) is 20.3 Å². The fourth-order valence-corrected chi connectivity index (χ4v) is 1.63. The van der Waals surface area contributed by atoms with Gasteiger partial charge in [0, 0.05) is 17.3 Å². The summed E-state index contributed by atoms with van der Waals surface area (Å²) in [6, 6.07) is 7.50.